The highest BCUT2D eigenvalue weighted by molar-refractivity contribution is 5.78. The Hall–Kier alpha value is -1.96. The Labute approximate surface area is 132 Å². The summed E-state index contributed by atoms with van der Waals surface area (Å²) in [6.07, 6.45) is -2.70. The maximum atomic E-state index is 12.2. The van der Waals surface area contributed by atoms with Crippen molar-refractivity contribution < 1.29 is 27.4 Å². The van der Waals surface area contributed by atoms with Crippen molar-refractivity contribution in [1.29, 1.82) is 0 Å². The third kappa shape index (κ3) is 5.02. The SMILES string of the molecule is NCC1CCCN1C(=O)COc1ccccc1OCC(F)(F)F. The van der Waals surface area contributed by atoms with Crippen LogP contribution < -0.4 is 15.2 Å². The summed E-state index contributed by atoms with van der Waals surface area (Å²) in [6, 6.07) is 5.96. The van der Waals surface area contributed by atoms with Crippen LogP contribution in [0.15, 0.2) is 24.3 Å². The van der Waals surface area contributed by atoms with Gasteiger partial charge in [0.25, 0.3) is 5.91 Å². The van der Waals surface area contributed by atoms with Gasteiger partial charge in [-0.2, -0.15) is 13.2 Å². The first-order valence-corrected chi connectivity index (χ1v) is 7.31. The molecule has 1 aliphatic rings. The second kappa shape index (κ2) is 7.54. The fourth-order valence-corrected chi connectivity index (χ4v) is 2.48. The number of amides is 1. The molecule has 0 aliphatic carbocycles. The molecule has 2 N–H and O–H groups in total. The van der Waals surface area contributed by atoms with Crippen LogP contribution >= 0.6 is 0 Å². The van der Waals surface area contributed by atoms with Crippen LogP contribution in [0.25, 0.3) is 0 Å². The molecule has 1 aliphatic heterocycles. The first-order valence-electron chi connectivity index (χ1n) is 7.31. The molecule has 0 bridgehead atoms. The number of para-hydroxylation sites is 2. The predicted octanol–water partition coefficient (Wildman–Crippen LogP) is 1.96. The van der Waals surface area contributed by atoms with Crippen molar-refractivity contribution in [2.24, 2.45) is 5.73 Å². The second-order valence-corrected chi connectivity index (χ2v) is 5.26. The summed E-state index contributed by atoms with van der Waals surface area (Å²) in [7, 11) is 0. The average Bonchev–Trinajstić information content (AvgIpc) is 2.99. The summed E-state index contributed by atoms with van der Waals surface area (Å²) in [6.45, 7) is -0.668. The maximum absolute atomic E-state index is 12.2. The molecule has 1 heterocycles. The molecule has 0 aromatic heterocycles. The summed E-state index contributed by atoms with van der Waals surface area (Å²) in [5.41, 5.74) is 5.61. The van der Waals surface area contributed by atoms with Crippen LogP contribution in [0.5, 0.6) is 11.5 Å². The molecule has 1 fully saturated rings. The van der Waals surface area contributed by atoms with E-state index in [2.05, 4.69) is 0 Å². The molecule has 0 spiro atoms. The van der Waals surface area contributed by atoms with Gasteiger partial charge in [-0.1, -0.05) is 12.1 Å². The average molecular weight is 332 g/mol. The van der Waals surface area contributed by atoms with Crippen molar-refractivity contribution in [3.63, 3.8) is 0 Å². The molecule has 1 aromatic carbocycles. The van der Waals surface area contributed by atoms with Gasteiger partial charge in [-0.15, -0.1) is 0 Å². The van der Waals surface area contributed by atoms with Crippen molar-refractivity contribution >= 4 is 5.91 Å². The number of alkyl halides is 3. The van der Waals surface area contributed by atoms with Gasteiger partial charge in [0.1, 0.15) is 0 Å². The summed E-state index contributed by atoms with van der Waals surface area (Å²) in [5, 5.41) is 0. The van der Waals surface area contributed by atoms with Crippen molar-refractivity contribution in [3.8, 4) is 11.5 Å². The van der Waals surface area contributed by atoms with E-state index < -0.39 is 12.8 Å². The Morgan fingerprint density at radius 2 is 1.91 bits per heavy atom. The lowest BCUT2D eigenvalue weighted by molar-refractivity contribution is -0.153. The van der Waals surface area contributed by atoms with Crippen molar-refractivity contribution in [3.05, 3.63) is 24.3 Å². The zero-order valence-corrected chi connectivity index (χ0v) is 12.5. The van der Waals surface area contributed by atoms with E-state index >= 15 is 0 Å². The van der Waals surface area contributed by atoms with Crippen LogP contribution in [-0.2, 0) is 4.79 Å². The molecule has 2 rings (SSSR count). The molecule has 1 aromatic rings. The molecule has 5 nitrogen and oxygen atoms in total. The van der Waals surface area contributed by atoms with Gasteiger partial charge in [0, 0.05) is 19.1 Å². The number of carbonyl (C=O) groups excluding carboxylic acids is 1. The number of hydrogen-bond acceptors (Lipinski definition) is 4. The second-order valence-electron chi connectivity index (χ2n) is 5.26. The zero-order valence-electron chi connectivity index (χ0n) is 12.5. The number of benzene rings is 1. The number of nitrogens with two attached hydrogens (primary N) is 1. The number of hydrogen-bond donors (Lipinski definition) is 1. The number of ether oxygens (including phenoxy) is 2. The van der Waals surface area contributed by atoms with E-state index in [1.165, 1.54) is 18.2 Å². The summed E-state index contributed by atoms with van der Waals surface area (Å²) in [4.78, 5) is 13.8. The fraction of sp³-hybridized carbons (Fsp3) is 0.533. The van der Waals surface area contributed by atoms with Crippen molar-refractivity contribution in [1.82, 2.24) is 4.90 Å². The maximum Gasteiger partial charge on any atom is 0.422 e. The molecular formula is C15H19F3N2O3. The normalized spacial score (nSPS) is 18.1. The third-order valence-electron chi connectivity index (χ3n) is 3.56. The Morgan fingerprint density at radius 1 is 1.26 bits per heavy atom. The molecule has 128 valence electrons. The van der Waals surface area contributed by atoms with Gasteiger partial charge in [-0.25, -0.2) is 0 Å². The predicted molar refractivity (Wildman–Crippen MR) is 77.3 cm³/mol. The first-order chi connectivity index (χ1) is 10.9. The lowest BCUT2D eigenvalue weighted by Crippen LogP contribution is -2.42. The number of carbonyl (C=O) groups is 1. The third-order valence-corrected chi connectivity index (χ3v) is 3.56. The number of likely N-dealkylation sites (tertiary alicyclic amines) is 1. The molecule has 1 amide bonds. The highest BCUT2D eigenvalue weighted by atomic mass is 19.4. The van der Waals surface area contributed by atoms with E-state index in [9.17, 15) is 18.0 Å². The van der Waals surface area contributed by atoms with E-state index in [0.717, 1.165) is 12.8 Å². The smallest absolute Gasteiger partial charge is 0.422 e. The Kier molecular flexibility index (Phi) is 5.70. The quantitative estimate of drug-likeness (QED) is 0.865. The lowest BCUT2D eigenvalue weighted by Gasteiger charge is -2.23. The van der Waals surface area contributed by atoms with E-state index in [1.807, 2.05) is 0 Å². The number of halogens is 3. The van der Waals surface area contributed by atoms with Crippen LogP contribution in [0, 0.1) is 0 Å². The first kappa shape index (κ1) is 17.4. The van der Waals surface area contributed by atoms with Crippen LogP contribution in [0.3, 0.4) is 0 Å². The Morgan fingerprint density at radius 3 is 2.52 bits per heavy atom. The van der Waals surface area contributed by atoms with E-state index in [0.29, 0.717) is 13.1 Å². The molecule has 1 atom stereocenters. The minimum atomic E-state index is -4.44. The molecular weight excluding hydrogens is 313 g/mol. The largest absolute Gasteiger partial charge is 0.480 e. The monoisotopic (exact) mass is 332 g/mol. The van der Waals surface area contributed by atoms with E-state index in [-0.39, 0.29) is 30.1 Å². The summed E-state index contributed by atoms with van der Waals surface area (Å²) < 4.78 is 46.8. The highest BCUT2D eigenvalue weighted by Gasteiger charge is 2.30. The van der Waals surface area contributed by atoms with Crippen molar-refractivity contribution in [2.45, 2.75) is 25.1 Å². The van der Waals surface area contributed by atoms with Gasteiger partial charge >= 0.3 is 6.18 Å². The van der Waals surface area contributed by atoms with Gasteiger partial charge in [0.15, 0.2) is 24.7 Å². The molecule has 1 unspecified atom stereocenters. The minimum Gasteiger partial charge on any atom is -0.480 e. The van der Waals surface area contributed by atoms with Crippen LogP contribution in [0.1, 0.15) is 12.8 Å². The van der Waals surface area contributed by atoms with Gasteiger partial charge in [-0.05, 0) is 25.0 Å². The van der Waals surface area contributed by atoms with Crippen LogP contribution in [-0.4, -0.2) is 49.3 Å². The zero-order chi connectivity index (χ0) is 16.9. The molecule has 0 radical (unpaired) electrons. The molecule has 8 heteroatoms. The summed E-state index contributed by atoms with van der Waals surface area (Å²) >= 11 is 0. The standard InChI is InChI=1S/C15H19F3N2O3/c16-15(17,18)10-23-13-6-2-1-5-12(13)22-9-14(21)20-7-3-4-11(20)8-19/h1-2,5-6,11H,3-4,7-10,19H2. The summed E-state index contributed by atoms with van der Waals surface area (Å²) in [5.74, 6) is -0.174. The van der Waals surface area contributed by atoms with Gasteiger partial charge in [0.2, 0.25) is 0 Å². The topological polar surface area (TPSA) is 64.8 Å². The molecule has 1 saturated heterocycles. The lowest BCUT2D eigenvalue weighted by atomic mass is 10.2. The Balaban J connectivity index is 1.94. The Bertz CT molecular complexity index is 537. The van der Waals surface area contributed by atoms with Crippen molar-refractivity contribution in [2.75, 3.05) is 26.3 Å². The molecule has 0 saturated carbocycles. The van der Waals surface area contributed by atoms with E-state index in [1.54, 1.807) is 11.0 Å². The number of rotatable bonds is 6. The van der Waals surface area contributed by atoms with Gasteiger partial charge in [-0.3, -0.25) is 4.79 Å². The van der Waals surface area contributed by atoms with E-state index in [4.69, 9.17) is 15.2 Å². The van der Waals surface area contributed by atoms with Gasteiger partial charge in [0.05, 0.1) is 0 Å². The highest BCUT2D eigenvalue weighted by Crippen LogP contribution is 2.28. The molecule has 23 heavy (non-hydrogen) atoms. The minimum absolute atomic E-state index is 0.00261. The fourth-order valence-electron chi connectivity index (χ4n) is 2.48. The van der Waals surface area contributed by atoms with Gasteiger partial charge < -0.3 is 20.1 Å². The number of nitrogens with zero attached hydrogens (tertiary/aromatic N) is 1. The van der Waals surface area contributed by atoms with Crippen LogP contribution in [0.2, 0.25) is 0 Å². The van der Waals surface area contributed by atoms with Crippen LogP contribution in [0.4, 0.5) is 13.2 Å².